The number of carbonyl (C=O) groups excluding carboxylic acids is 1. The number of amides is 1. The molecule has 2 aromatic rings. The molecular weight excluding hydrogens is 328 g/mol. The zero-order chi connectivity index (χ0) is 18.7. The quantitative estimate of drug-likeness (QED) is 0.679. The first kappa shape index (κ1) is 17.7. The second-order valence-electron chi connectivity index (χ2n) is 6.73. The van der Waals surface area contributed by atoms with Crippen LogP contribution in [0.3, 0.4) is 0 Å². The molecule has 0 atom stereocenters. The van der Waals surface area contributed by atoms with Gasteiger partial charge in [-0.25, -0.2) is 5.43 Å². The lowest BCUT2D eigenvalue weighted by Crippen LogP contribution is -2.29. The molecule has 1 aromatic carbocycles. The van der Waals surface area contributed by atoms with Crippen molar-refractivity contribution in [1.82, 2.24) is 9.99 Å². The molecule has 0 radical (unpaired) electrons. The highest BCUT2D eigenvalue weighted by atomic mass is 16.2. The van der Waals surface area contributed by atoms with Crippen molar-refractivity contribution in [2.24, 2.45) is 5.10 Å². The van der Waals surface area contributed by atoms with Gasteiger partial charge in [-0.05, 0) is 23.8 Å². The van der Waals surface area contributed by atoms with Crippen molar-refractivity contribution < 1.29 is 4.79 Å². The third-order valence-electron chi connectivity index (χ3n) is 4.65. The summed E-state index contributed by atoms with van der Waals surface area (Å²) in [6.45, 7) is 4.26. The van der Waals surface area contributed by atoms with E-state index in [4.69, 9.17) is 0 Å². The summed E-state index contributed by atoms with van der Waals surface area (Å²) in [4.78, 5) is 25.7. The lowest BCUT2D eigenvalue weighted by molar-refractivity contribution is -0.121. The van der Waals surface area contributed by atoms with Gasteiger partial charge < -0.3 is 9.47 Å². The van der Waals surface area contributed by atoms with Crippen LogP contribution in [0.5, 0.6) is 0 Å². The number of allylic oxidation sites excluding steroid dienone is 2. The van der Waals surface area contributed by atoms with Crippen LogP contribution in [0.25, 0.3) is 0 Å². The minimum absolute atomic E-state index is 0.0651. The van der Waals surface area contributed by atoms with Gasteiger partial charge in [-0.2, -0.15) is 5.10 Å². The number of hydrogen-bond acceptors (Lipinski definition) is 4. The molecule has 1 N–H and O–H groups in total. The SMILES string of the molecule is CN1/C(=C\C=N/NC(=O)Cn2ccccc2=O)C(C)(C)c2ccccc21. The third-order valence-corrected chi connectivity index (χ3v) is 4.65. The maximum absolute atomic E-state index is 11.9. The summed E-state index contributed by atoms with van der Waals surface area (Å²) in [5, 5.41) is 3.98. The molecule has 1 aliphatic heterocycles. The highest BCUT2D eigenvalue weighted by molar-refractivity contribution is 5.81. The molecule has 0 saturated carbocycles. The van der Waals surface area contributed by atoms with Gasteiger partial charge in [0.15, 0.2) is 0 Å². The van der Waals surface area contributed by atoms with Gasteiger partial charge in [-0.1, -0.05) is 38.1 Å². The van der Waals surface area contributed by atoms with E-state index in [1.807, 2.05) is 25.3 Å². The number of para-hydroxylation sites is 1. The van der Waals surface area contributed by atoms with Crippen LogP contribution in [0.1, 0.15) is 19.4 Å². The fraction of sp³-hybridized carbons (Fsp3) is 0.250. The average molecular weight is 350 g/mol. The van der Waals surface area contributed by atoms with Gasteiger partial charge in [-0.15, -0.1) is 0 Å². The van der Waals surface area contributed by atoms with E-state index in [0.717, 1.165) is 5.70 Å². The fourth-order valence-electron chi connectivity index (χ4n) is 3.30. The summed E-state index contributed by atoms with van der Waals surface area (Å²) in [6.07, 6.45) is 5.04. The first-order valence-electron chi connectivity index (χ1n) is 8.42. The maximum atomic E-state index is 11.9. The van der Waals surface area contributed by atoms with E-state index < -0.39 is 0 Å². The molecule has 6 heteroatoms. The summed E-state index contributed by atoms with van der Waals surface area (Å²) in [6, 6.07) is 13.0. The summed E-state index contributed by atoms with van der Waals surface area (Å²) in [5.41, 5.74) is 5.62. The molecule has 1 aliphatic rings. The number of anilines is 1. The van der Waals surface area contributed by atoms with Gasteiger partial charge in [0.2, 0.25) is 0 Å². The number of aromatic nitrogens is 1. The zero-order valence-corrected chi connectivity index (χ0v) is 15.1. The molecule has 1 amide bonds. The predicted molar refractivity (Wildman–Crippen MR) is 103 cm³/mol. The van der Waals surface area contributed by atoms with Gasteiger partial charge in [0.25, 0.3) is 11.5 Å². The van der Waals surface area contributed by atoms with E-state index in [9.17, 15) is 9.59 Å². The zero-order valence-electron chi connectivity index (χ0n) is 15.1. The number of likely N-dealkylation sites (N-methyl/N-ethyl adjacent to an activating group) is 1. The molecule has 0 spiro atoms. The van der Waals surface area contributed by atoms with Crippen molar-refractivity contribution in [3.63, 3.8) is 0 Å². The van der Waals surface area contributed by atoms with Gasteiger partial charge in [0, 0.05) is 42.3 Å². The highest BCUT2D eigenvalue weighted by Crippen LogP contribution is 2.46. The second-order valence-corrected chi connectivity index (χ2v) is 6.73. The Hall–Kier alpha value is -3.15. The number of hydrogen-bond donors (Lipinski definition) is 1. The van der Waals surface area contributed by atoms with Crippen LogP contribution >= 0.6 is 0 Å². The molecule has 2 heterocycles. The van der Waals surface area contributed by atoms with Crippen LogP contribution in [0, 0.1) is 0 Å². The summed E-state index contributed by atoms with van der Waals surface area (Å²) >= 11 is 0. The number of pyridine rings is 1. The number of fused-ring (bicyclic) bond motifs is 1. The Labute approximate surface area is 152 Å². The third kappa shape index (κ3) is 3.31. The van der Waals surface area contributed by atoms with Crippen molar-refractivity contribution in [3.8, 4) is 0 Å². The topological polar surface area (TPSA) is 66.7 Å². The monoisotopic (exact) mass is 350 g/mol. The Kier molecular flexibility index (Phi) is 4.75. The van der Waals surface area contributed by atoms with Crippen LogP contribution in [-0.2, 0) is 16.8 Å². The molecule has 0 fully saturated rings. The average Bonchev–Trinajstić information content (AvgIpc) is 2.81. The number of nitrogens with one attached hydrogen (secondary N) is 1. The van der Waals surface area contributed by atoms with Crippen molar-refractivity contribution in [3.05, 3.63) is 76.4 Å². The highest BCUT2D eigenvalue weighted by Gasteiger charge is 2.37. The Morgan fingerprint density at radius 3 is 2.65 bits per heavy atom. The van der Waals surface area contributed by atoms with E-state index in [-0.39, 0.29) is 23.4 Å². The molecule has 6 nitrogen and oxygen atoms in total. The number of benzene rings is 1. The summed E-state index contributed by atoms with van der Waals surface area (Å²) < 4.78 is 1.33. The molecule has 0 saturated heterocycles. The Balaban J connectivity index is 1.67. The van der Waals surface area contributed by atoms with Crippen LogP contribution in [0.4, 0.5) is 5.69 Å². The minimum atomic E-state index is -0.352. The van der Waals surface area contributed by atoms with Gasteiger partial charge in [-0.3, -0.25) is 9.59 Å². The number of hydrazone groups is 1. The molecule has 0 aliphatic carbocycles. The van der Waals surface area contributed by atoms with E-state index >= 15 is 0 Å². The summed E-state index contributed by atoms with van der Waals surface area (Å²) in [5.74, 6) is -0.352. The van der Waals surface area contributed by atoms with Crippen molar-refractivity contribution in [1.29, 1.82) is 0 Å². The number of rotatable bonds is 4. The van der Waals surface area contributed by atoms with Gasteiger partial charge in [0.1, 0.15) is 6.54 Å². The van der Waals surface area contributed by atoms with Crippen molar-refractivity contribution in [2.45, 2.75) is 25.8 Å². The van der Waals surface area contributed by atoms with Crippen LogP contribution in [-0.4, -0.2) is 23.7 Å². The Morgan fingerprint density at radius 1 is 1.19 bits per heavy atom. The number of nitrogens with zero attached hydrogens (tertiary/aromatic N) is 3. The predicted octanol–water partition coefficient (Wildman–Crippen LogP) is 2.26. The molecule has 1 aromatic heterocycles. The first-order valence-corrected chi connectivity index (χ1v) is 8.42. The molecule has 0 unspecified atom stereocenters. The smallest absolute Gasteiger partial charge is 0.260 e. The second kappa shape index (κ2) is 7.00. The molecule has 0 bridgehead atoms. The van der Waals surface area contributed by atoms with Crippen LogP contribution in [0.15, 0.2) is 70.3 Å². The lowest BCUT2D eigenvalue weighted by Gasteiger charge is -2.23. The normalized spacial score (nSPS) is 16.9. The van der Waals surface area contributed by atoms with Gasteiger partial charge >= 0.3 is 0 Å². The standard InChI is InChI=1S/C20H22N4O2/c1-20(2)15-8-4-5-9-16(15)23(3)17(20)11-12-21-22-18(25)14-24-13-7-6-10-19(24)26/h4-13H,14H2,1-3H3,(H,22,25)/b17-11-,21-12-. The van der Waals surface area contributed by atoms with Crippen molar-refractivity contribution >= 4 is 17.8 Å². The fourth-order valence-corrected chi connectivity index (χ4v) is 3.30. The van der Waals surface area contributed by atoms with E-state index in [2.05, 4.69) is 41.4 Å². The Morgan fingerprint density at radius 2 is 1.92 bits per heavy atom. The lowest BCUT2D eigenvalue weighted by atomic mass is 9.84. The van der Waals surface area contributed by atoms with Crippen LogP contribution in [0.2, 0.25) is 0 Å². The van der Waals surface area contributed by atoms with E-state index in [1.54, 1.807) is 24.5 Å². The minimum Gasteiger partial charge on any atom is -0.347 e. The molecule has 134 valence electrons. The first-order chi connectivity index (χ1) is 12.4. The van der Waals surface area contributed by atoms with Gasteiger partial charge in [0.05, 0.1) is 0 Å². The van der Waals surface area contributed by atoms with E-state index in [0.29, 0.717) is 0 Å². The molecule has 26 heavy (non-hydrogen) atoms. The summed E-state index contributed by atoms with van der Waals surface area (Å²) in [7, 11) is 2.02. The number of carbonyl (C=O) groups is 1. The Bertz CT molecular complexity index is 941. The maximum Gasteiger partial charge on any atom is 0.260 e. The molecule has 3 rings (SSSR count). The van der Waals surface area contributed by atoms with Crippen LogP contribution < -0.4 is 15.9 Å². The van der Waals surface area contributed by atoms with Crippen molar-refractivity contribution in [2.75, 3.05) is 11.9 Å². The largest absolute Gasteiger partial charge is 0.347 e. The van der Waals surface area contributed by atoms with E-state index in [1.165, 1.54) is 21.9 Å². The molecular formula is C20H22N4O2.